The van der Waals surface area contributed by atoms with Crippen molar-refractivity contribution in [1.82, 2.24) is 9.55 Å². The molecule has 1 aliphatic rings. The van der Waals surface area contributed by atoms with Crippen LogP contribution in [0, 0.1) is 0 Å². The lowest BCUT2D eigenvalue weighted by Gasteiger charge is -2.32. The van der Waals surface area contributed by atoms with Gasteiger partial charge in [-0.1, -0.05) is 19.6 Å². The molecule has 0 atom stereocenters. The van der Waals surface area contributed by atoms with Gasteiger partial charge in [-0.15, -0.1) is 0 Å². The number of aromatic nitrogens is 2. The van der Waals surface area contributed by atoms with Crippen molar-refractivity contribution < 1.29 is 14.0 Å². The van der Waals surface area contributed by atoms with Gasteiger partial charge in [0.25, 0.3) is 0 Å². The maximum Gasteiger partial charge on any atom is 0.497 e. The van der Waals surface area contributed by atoms with E-state index in [-0.39, 0.29) is 0 Å². The average molecular weight is 389 g/mol. The SMILES string of the molecule is CC1(C)OB(c2cn(COCC[Si](C)(C)C)c3c(N)nccc23)OC1(C)C. The van der Waals surface area contributed by atoms with Crippen LogP contribution in [0.1, 0.15) is 27.7 Å². The van der Waals surface area contributed by atoms with Crippen LogP contribution < -0.4 is 11.2 Å². The standard InChI is InChI=1S/C19H32BN3O3Si/c1-18(2)19(3,4)26-20(25-18)15-12-23(13-24-10-11-27(5,6)7)16-14(15)8-9-22-17(16)21/h8-9,12H,10-11,13H2,1-7H3,(H2,21,22). The lowest BCUT2D eigenvalue weighted by molar-refractivity contribution is 0.00578. The minimum atomic E-state index is -1.12. The molecule has 0 aromatic carbocycles. The predicted octanol–water partition coefficient (Wildman–Crippen LogP) is 3.23. The molecule has 0 saturated carbocycles. The number of nitrogens with two attached hydrogens (primary N) is 1. The first-order valence-electron chi connectivity index (χ1n) is 9.58. The molecular formula is C19H32BN3O3Si. The van der Waals surface area contributed by atoms with E-state index in [1.807, 2.05) is 16.8 Å². The summed E-state index contributed by atoms with van der Waals surface area (Å²) in [6.45, 7) is 16.5. The van der Waals surface area contributed by atoms with Crippen LogP contribution >= 0.6 is 0 Å². The molecule has 6 nitrogen and oxygen atoms in total. The third kappa shape index (κ3) is 4.08. The van der Waals surface area contributed by atoms with E-state index in [1.165, 1.54) is 0 Å². The van der Waals surface area contributed by atoms with Crippen molar-refractivity contribution in [1.29, 1.82) is 0 Å². The Bertz CT molecular complexity index is 813. The summed E-state index contributed by atoms with van der Waals surface area (Å²) in [7, 11) is -1.56. The molecule has 1 fully saturated rings. The summed E-state index contributed by atoms with van der Waals surface area (Å²) in [6, 6.07) is 3.09. The Morgan fingerprint density at radius 2 is 1.81 bits per heavy atom. The smallest absolute Gasteiger partial charge is 0.399 e. The lowest BCUT2D eigenvalue weighted by atomic mass is 9.79. The van der Waals surface area contributed by atoms with E-state index in [0.29, 0.717) is 12.5 Å². The molecule has 2 aromatic rings. The second kappa shape index (κ2) is 6.92. The van der Waals surface area contributed by atoms with E-state index in [4.69, 9.17) is 19.8 Å². The van der Waals surface area contributed by atoms with E-state index < -0.39 is 26.4 Å². The highest BCUT2D eigenvalue weighted by Gasteiger charge is 2.52. The number of anilines is 1. The van der Waals surface area contributed by atoms with E-state index in [1.54, 1.807) is 6.20 Å². The fourth-order valence-electron chi connectivity index (χ4n) is 3.11. The Hall–Kier alpha value is -1.35. The summed E-state index contributed by atoms with van der Waals surface area (Å²) in [4.78, 5) is 4.26. The normalized spacial score (nSPS) is 19.1. The molecule has 0 amide bonds. The van der Waals surface area contributed by atoms with E-state index in [0.717, 1.165) is 29.0 Å². The summed E-state index contributed by atoms with van der Waals surface area (Å²) in [6.07, 6.45) is 3.75. The van der Waals surface area contributed by atoms with Crippen LogP contribution in [0.2, 0.25) is 25.7 Å². The van der Waals surface area contributed by atoms with Crippen LogP contribution in [-0.4, -0.2) is 42.6 Å². The highest BCUT2D eigenvalue weighted by molar-refractivity contribution is 6.76. The molecule has 0 aliphatic carbocycles. The van der Waals surface area contributed by atoms with Crippen LogP contribution in [0.3, 0.4) is 0 Å². The van der Waals surface area contributed by atoms with E-state index >= 15 is 0 Å². The summed E-state index contributed by atoms with van der Waals surface area (Å²) < 4.78 is 20.5. The largest absolute Gasteiger partial charge is 0.497 e. The van der Waals surface area contributed by atoms with Crippen molar-refractivity contribution in [3.05, 3.63) is 18.5 Å². The zero-order chi connectivity index (χ0) is 20.0. The summed E-state index contributed by atoms with van der Waals surface area (Å²) in [5.74, 6) is 0.490. The molecule has 0 spiro atoms. The molecule has 8 heteroatoms. The molecule has 1 aliphatic heterocycles. The van der Waals surface area contributed by atoms with Gasteiger partial charge >= 0.3 is 7.12 Å². The van der Waals surface area contributed by atoms with E-state index in [9.17, 15) is 0 Å². The molecule has 2 aromatic heterocycles. The van der Waals surface area contributed by atoms with E-state index in [2.05, 4.69) is 52.3 Å². The number of pyridine rings is 1. The highest BCUT2D eigenvalue weighted by atomic mass is 28.3. The first-order chi connectivity index (χ1) is 12.4. The van der Waals surface area contributed by atoms with Gasteiger partial charge in [-0.3, -0.25) is 0 Å². The number of rotatable bonds is 6. The van der Waals surface area contributed by atoms with Crippen LogP contribution in [-0.2, 0) is 20.8 Å². The first-order valence-corrected chi connectivity index (χ1v) is 13.3. The molecule has 1 saturated heterocycles. The third-order valence-corrected chi connectivity index (χ3v) is 7.28. The van der Waals surface area contributed by atoms with Crippen LogP contribution in [0.25, 0.3) is 10.9 Å². The quantitative estimate of drug-likeness (QED) is 0.607. The third-order valence-electron chi connectivity index (χ3n) is 5.58. The van der Waals surface area contributed by atoms with Gasteiger partial charge in [0.2, 0.25) is 0 Å². The maximum atomic E-state index is 6.25. The Kier molecular flexibility index (Phi) is 5.22. The second-order valence-electron chi connectivity index (χ2n) is 9.58. The molecule has 27 heavy (non-hydrogen) atoms. The minimum Gasteiger partial charge on any atom is -0.399 e. The molecule has 3 heterocycles. The molecular weight excluding hydrogens is 357 g/mol. The summed E-state index contributed by atoms with van der Waals surface area (Å²) in [5, 5.41) is 0.995. The van der Waals surface area contributed by atoms with Gasteiger partial charge in [-0.2, -0.15) is 0 Å². The number of hydrogen-bond acceptors (Lipinski definition) is 5. The van der Waals surface area contributed by atoms with Gasteiger partial charge in [0, 0.05) is 37.9 Å². The topological polar surface area (TPSA) is 71.5 Å². The molecule has 2 N–H and O–H groups in total. The second-order valence-corrected chi connectivity index (χ2v) is 15.2. The molecule has 148 valence electrons. The Balaban J connectivity index is 1.88. The van der Waals surface area contributed by atoms with Crippen molar-refractivity contribution in [2.75, 3.05) is 12.3 Å². The number of ether oxygens (including phenoxy) is 1. The number of hydrogen-bond donors (Lipinski definition) is 1. The maximum absolute atomic E-state index is 6.25. The van der Waals surface area contributed by atoms with Crippen molar-refractivity contribution in [2.45, 2.75) is 71.3 Å². The van der Waals surface area contributed by atoms with Crippen molar-refractivity contribution in [3.8, 4) is 0 Å². The predicted molar refractivity (Wildman–Crippen MR) is 114 cm³/mol. The summed E-state index contributed by atoms with van der Waals surface area (Å²) >= 11 is 0. The van der Waals surface area contributed by atoms with Crippen LogP contribution in [0.5, 0.6) is 0 Å². The monoisotopic (exact) mass is 389 g/mol. The van der Waals surface area contributed by atoms with Gasteiger partial charge in [-0.25, -0.2) is 4.98 Å². The number of nitrogen functional groups attached to an aromatic ring is 1. The Morgan fingerprint density at radius 1 is 1.19 bits per heavy atom. The van der Waals surface area contributed by atoms with Crippen molar-refractivity contribution in [2.24, 2.45) is 0 Å². The molecule has 3 rings (SSSR count). The van der Waals surface area contributed by atoms with Crippen LogP contribution in [0.15, 0.2) is 18.5 Å². The van der Waals surface area contributed by atoms with Crippen molar-refractivity contribution in [3.63, 3.8) is 0 Å². The highest BCUT2D eigenvalue weighted by Crippen LogP contribution is 2.37. The first kappa shape index (κ1) is 20.4. The van der Waals surface area contributed by atoms with Gasteiger partial charge in [0.1, 0.15) is 12.5 Å². The van der Waals surface area contributed by atoms with Crippen molar-refractivity contribution >= 4 is 37.4 Å². The minimum absolute atomic E-state index is 0.390. The zero-order valence-electron chi connectivity index (χ0n) is 17.6. The fourth-order valence-corrected chi connectivity index (χ4v) is 3.86. The van der Waals surface area contributed by atoms with Gasteiger partial charge in [0.05, 0.1) is 16.7 Å². The Labute approximate surface area is 163 Å². The number of fused-ring (bicyclic) bond motifs is 1. The molecule has 0 bridgehead atoms. The molecule has 0 radical (unpaired) electrons. The summed E-state index contributed by atoms with van der Waals surface area (Å²) in [5.41, 5.74) is 7.24. The Morgan fingerprint density at radius 3 is 2.41 bits per heavy atom. The lowest BCUT2D eigenvalue weighted by Crippen LogP contribution is -2.41. The fraction of sp³-hybridized carbons (Fsp3) is 0.632. The van der Waals surface area contributed by atoms with Gasteiger partial charge < -0.3 is 24.3 Å². The van der Waals surface area contributed by atoms with Crippen LogP contribution in [0.4, 0.5) is 5.82 Å². The molecule has 0 unspecified atom stereocenters. The van der Waals surface area contributed by atoms with Gasteiger partial charge in [0.15, 0.2) is 0 Å². The zero-order valence-corrected chi connectivity index (χ0v) is 18.6. The number of nitrogens with zero attached hydrogens (tertiary/aromatic N) is 2. The van der Waals surface area contributed by atoms with Gasteiger partial charge in [-0.05, 0) is 39.8 Å². The average Bonchev–Trinajstić information content (AvgIpc) is 2.99.